The van der Waals surface area contributed by atoms with Crippen LogP contribution in [0.25, 0.3) is 0 Å². The fourth-order valence-electron chi connectivity index (χ4n) is 2.34. The Bertz CT molecular complexity index is 707. The van der Waals surface area contributed by atoms with Crippen LogP contribution in [0.2, 0.25) is 0 Å². The first-order valence-electron chi connectivity index (χ1n) is 8.80. The molecule has 1 rings (SSSR count). The number of nitrogens with two attached hydrogens (primary N) is 2. The monoisotopic (exact) mass is 394 g/mol. The number of amides is 3. The van der Waals surface area contributed by atoms with Crippen LogP contribution in [0.1, 0.15) is 39.0 Å². The Morgan fingerprint density at radius 3 is 2.21 bits per heavy atom. The van der Waals surface area contributed by atoms with Gasteiger partial charge in [-0.3, -0.25) is 19.2 Å². The van der Waals surface area contributed by atoms with Crippen LogP contribution in [0.5, 0.6) is 5.75 Å². The lowest BCUT2D eigenvalue weighted by Crippen LogP contribution is -2.62. The predicted octanol–water partition coefficient (Wildman–Crippen LogP) is 0.315. The lowest BCUT2D eigenvalue weighted by Gasteiger charge is -2.32. The average molecular weight is 394 g/mol. The molecule has 0 heterocycles. The quantitative estimate of drug-likeness (QED) is 0.236. The van der Waals surface area contributed by atoms with Crippen LogP contribution in [0.3, 0.4) is 0 Å². The topological polar surface area (TPSA) is 174 Å². The molecule has 1 aromatic rings. The molecule has 28 heavy (non-hydrogen) atoms. The van der Waals surface area contributed by atoms with E-state index in [0.717, 1.165) is 0 Å². The molecule has 0 saturated heterocycles. The first kappa shape index (κ1) is 22.7. The Kier molecular flexibility index (Phi) is 8.73. The maximum atomic E-state index is 12.0. The summed E-state index contributed by atoms with van der Waals surface area (Å²) in [6, 6.07) is 6.55. The Balaban J connectivity index is 2.75. The van der Waals surface area contributed by atoms with Crippen molar-refractivity contribution in [1.29, 1.82) is 0 Å². The standard InChI is InChI=1S/C18H26N4O6/c1-2-18(17(20)27,22-15(24)10-9-14(19)23)21-12-5-7-13(8-6-12)28-11-3-4-16(25)26/h5-8,21H,2-4,9-11H2,1H3,(H2,19,23)(H2,20,27)(H,22,24)(H,25,26). The number of carboxylic acids is 1. The smallest absolute Gasteiger partial charge is 0.303 e. The van der Waals surface area contributed by atoms with E-state index in [-0.39, 0.29) is 32.3 Å². The molecule has 3 amide bonds. The third kappa shape index (κ3) is 7.52. The van der Waals surface area contributed by atoms with Gasteiger partial charge >= 0.3 is 5.97 Å². The number of carbonyl (C=O) groups excluding carboxylic acids is 3. The maximum absolute atomic E-state index is 12.0. The number of carboxylic acid groups (broad SMARTS) is 1. The molecule has 10 nitrogen and oxygen atoms in total. The lowest BCUT2D eigenvalue weighted by atomic mass is 10.0. The highest BCUT2D eigenvalue weighted by Gasteiger charge is 2.36. The molecule has 10 heteroatoms. The Morgan fingerprint density at radius 2 is 1.71 bits per heavy atom. The number of aliphatic carboxylic acids is 1. The van der Waals surface area contributed by atoms with Crippen molar-refractivity contribution in [1.82, 2.24) is 5.32 Å². The molecular formula is C18H26N4O6. The number of nitrogens with one attached hydrogen (secondary N) is 2. The van der Waals surface area contributed by atoms with E-state index in [1.165, 1.54) is 0 Å². The Labute approximate surface area is 162 Å². The van der Waals surface area contributed by atoms with Gasteiger partial charge in [-0.1, -0.05) is 6.92 Å². The summed E-state index contributed by atoms with van der Waals surface area (Å²) in [5.41, 5.74) is 9.49. The second-order valence-electron chi connectivity index (χ2n) is 6.13. The molecule has 0 aliphatic heterocycles. The number of benzene rings is 1. The zero-order valence-electron chi connectivity index (χ0n) is 15.7. The zero-order chi connectivity index (χ0) is 21.2. The number of carbonyl (C=O) groups is 4. The second kappa shape index (κ2) is 10.8. The summed E-state index contributed by atoms with van der Waals surface area (Å²) in [6.45, 7) is 1.93. The van der Waals surface area contributed by atoms with Gasteiger partial charge in [-0.15, -0.1) is 0 Å². The molecule has 1 atom stereocenters. The molecule has 1 unspecified atom stereocenters. The minimum absolute atomic E-state index is 0.0206. The fraction of sp³-hybridized carbons (Fsp3) is 0.444. The molecular weight excluding hydrogens is 368 g/mol. The van der Waals surface area contributed by atoms with E-state index in [0.29, 0.717) is 17.9 Å². The second-order valence-corrected chi connectivity index (χ2v) is 6.13. The number of primary amides is 2. The highest BCUT2D eigenvalue weighted by molar-refractivity contribution is 5.93. The van der Waals surface area contributed by atoms with Crippen molar-refractivity contribution in [2.45, 2.75) is 44.7 Å². The molecule has 0 saturated carbocycles. The molecule has 0 fully saturated rings. The summed E-state index contributed by atoms with van der Waals surface area (Å²) in [4.78, 5) is 45.3. The lowest BCUT2D eigenvalue weighted by molar-refractivity contribution is -0.137. The van der Waals surface area contributed by atoms with Gasteiger partial charge in [0.15, 0.2) is 5.66 Å². The van der Waals surface area contributed by atoms with Gasteiger partial charge < -0.3 is 31.9 Å². The third-order valence-corrected chi connectivity index (χ3v) is 3.92. The average Bonchev–Trinajstić information content (AvgIpc) is 2.63. The van der Waals surface area contributed by atoms with Gasteiger partial charge in [-0.05, 0) is 37.1 Å². The van der Waals surface area contributed by atoms with Crippen molar-refractivity contribution >= 4 is 29.4 Å². The molecule has 0 aliphatic carbocycles. The van der Waals surface area contributed by atoms with Crippen molar-refractivity contribution in [3.63, 3.8) is 0 Å². The summed E-state index contributed by atoms with van der Waals surface area (Å²) in [5, 5.41) is 14.0. The minimum Gasteiger partial charge on any atom is -0.494 e. The minimum atomic E-state index is -1.53. The first-order chi connectivity index (χ1) is 13.2. The Morgan fingerprint density at radius 1 is 1.07 bits per heavy atom. The van der Waals surface area contributed by atoms with Crippen LogP contribution < -0.4 is 26.8 Å². The number of rotatable bonds is 13. The van der Waals surface area contributed by atoms with Crippen LogP contribution >= 0.6 is 0 Å². The number of ether oxygens (including phenoxy) is 1. The van der Waals surface area contributed by atoms with E-state index < -0.39 is 29.4 Å². The van der Waals surface area contributed by atoms with Crippen LogP contribution in [0.4, 0.5) is 5.69 Å². The zero-order valence-corrected chi connectivity index (χ0v) is 15.7. The van der Waals surface area contributed by atoms with Gasteiger partial charge in [0.05, 0.1) is 6.61 Å². The van der Waals surface area contributed by atoms with Crippen LogP contribution in [0.15, 0.2) is 24.3 Å². The predicted molar refractivity (Wildman–Crippen MR) is 101 cm³/mol. The SMILES string of the molecule is CCC(NC(=O)CCC(N)=O)(Nc1ccc(OCCCC(=O)O)cc1)C(N)=O. The fourth-order valence-corrected chi connectivity index (χ4v) is 2.34. The number of anilines is 1. The highest BCUT2D eigenvalue weighted by Crippen LogP contribution is 2.21. The molecule has 154 valence electrons. The summed E-state index contributed by atoms with van der Waals surface area (Å²) < 4.78 is 5.44. The number of hydrogen-bond acceptors (Lipinski definition) is 6. The number of hydrogen-bond donors (Lipinski definition) is 5. The largest absolute Gasteiger partial charge is 0.494 e. The van der Waals surface area contributed by atoms with Crippen molar-refractivity contribution in [3.05, 3.63) is 24.3 Å². The third-order valence-electron chi connectivity index (χ3n) is 3.92. The van der Waals surface area contributed by atoms with Gasteiger partial charge in [-0.2, -0.15) is 0 Å². The van der Waals surface area contributed by atoms with Crippen molar-refractivity contribution in [2.24, 2.45) is 11.5 Å². The molecule has 7 N–H and O–H groups in total. The van der Waals surface area contributed by atoms with Gasteiger partial charge in [0.25, 0.3) is 5.91 Å². The van der Waals surface area contributed by atoms with E-state index in [1.54, 1.807) is 31.2 Å². The van der Waals surface area contributed by atoms with Crippen molar-refractivity contribution in [3.8, 4) is 5.75 Å². The Hall–Kier alpha value is -3.30. The summed E-state index contributed by atoms with van der Waals surface area (Å²) in [7, 11) is 0. The van der Waals surface area contributed by atoms with E-state index >= 15 is 0 Å². The molecule has 0 aliphatic rings. The first-order valence-corrected chi connectivity index (χ1v) is 8.80. The molecule has 0 spiro atoms. The summed E-state index contributed by atoms with van der Waals surface area (Å²) in [5.74, 6) is -2.30. The summed E-state index contributed by atoms with van der Waals surface area (Å²) >= 11 is 0. The van der Waals surface area contributed by atoms with Crippen molar-refractivity contribution < 1.29 is 29.0 Å². The summed E-state index contributed by atoms with van der Waals surface area (Å²) in [6.07, 6.45) is 0.269. The van der Waals surface area contributed by atoms with Crippen LogP contribution in [-0.2, 0) is 19.2 Å². The van der Waals surface area contributed by atoms with E-state index in [4.69, 9.17) is 21.3 Å². The molecule has 0 aromatic heterocycles. The van der Waals surface area contributed by atoms with Crippen molar-refractivity contribution in [2.75, 3.05) is 11.9 Å². The van der Waals surface area contributed by atoms with Gasteiger partial charge in [0, 0.05) is 24.9 Å². The van der Waals surface area contributed by atoms with Crippen LogP contribution in [-0.4, -0.2) is 41.1 Å². The van der Waals surface area contributed by atoms with E-state index in [2.05, 4.69) is 10.6 Å². The molecule has 0 radical (unpaired) electrons. The van der Waals surface area contributed by atoms with Crippen LogP contribution in [0, 0.1) is 0 Å². The van der Waals surface area contributed by atoms with Gasteiger partial charge in [-0.25, -0.2) is 0 Å². The molecule has 0 bridgehead atoms. The highest BCUT2D eigenvalue weighted by atomic mass is 16.5. The van der Waals surface area contributed by atoms with E-state index in [9.17, 15) is 19.2 Å². The van der Waals surface area contributed by atoms with Gasteiger partial charge in [0.1, 0.15) is 5.75 Å². The molecule has 1 aromatic carbocycles. The normalized spacial score (nSPS) is 12.5. The van der Waals surface area contributed by atoms with Gasteiger partial charge in [0.2, 0.25) is 11.8 Å². The maximum Gasteiger partial charge on any atom is 0.303 e. The van der Waals surface area contributed by atoms with E-state index in [1.807, 2.05) is 0 Å².